The van der Waals surface area contributed by atoms with Gasteiger partial charge in [-0.05, 0) is 25.0 Å². The van der Waals surface area contributed by atoms with E-state index in [1.165, 1.54) is 0 Å². The average molecular weight is 334 g/mol. The molecule has 1 heterocycles. The highest BCUT2D eigenvalue weighted by Gasteiger charge is 2.25. The van der Waals surface area contributed by atoms with E-state index in [0.717, 1.165) is 5.56 Å². The lowest BCUT2D eigenvalue weighted by atomic mass is 9.91. The van der Waals surface area contributed by atoms with E-state index in [9.17, 15) is 9.59 Å². The molecular formula is C21H18O4. The third-order valence-corrected chi connectivity index (χ3v) is 3.91. The van der Waals surface area contributed by atoms with Gasteiger partial charge in [0.15, 0.2) is 0 Å². The molecule has 126 valence electrons. The first-order valence-corrected chi connectivity index (χ1v) is 8.09. The summed E-state index contributed by atoms with van der Waals surface area (Å²) in [5, 5.41) is 0. The van der Waals surface area contributed by atoms with E-state index in [-0.39, 0.29) is 17.9 Å². The summed E-state index contributed by atoms with van der Waals surface area (Å²) >= 11 is 0. The van der Waals surface area contributed by atoms with Gasteiger partial charge < -0.3 is 9.15 Å². The standard InChI is InChI=1S/C21H18O4/c1-3-24-20(22)17-14(2)25-21(23)19(16-12-8-5-9-13-16)18(17)15-10-6-4-7-11-15/h4-13H,3H2,1-2H3. The van der Waals surface area contributed by atoms with Gasteiger partial charge in [-0.3, -0.25) is 0 Å². The second kappa shape index (κ2) is 7.18. The smallest absolute Gasteiger partial charge is 0.344 e. The molecule has 2 aromatic carbocycles. The Morgan fingerprint density at radius 3 is 1.96 bits per heavy atom. The van der Waals surface area contributed by atoms with E-state index in [1.807, 2.05) is 60.7 Å². The van der Waals surface area contributed by atoms with Crippen LogP contribution in [0.3, 0.4) is 0 Å². The minimum Gasteiger partial charge on any atom is -0.462 e. The molecule has 0 atom stereocenters. The monoisotopic (exact) mass is 334 g/mol. The van der Waals surface area contributed by atoms with E-state index in [0.29, 0.717) is 16.7 Å². The normalized spacial score (nSPS) is 10.5. The Balaban J connectivity index is 2.41. The number of benzene rings is 2. The maximum absolute atomic E-state index is 12.6. The Morgan fingerprint density at radius 1 is 0.920 bits per heavy atom. The lowest BCUT2D eigenvalue weighted by molar-refractivity contribution is 0.0523. The fraction of sp³-hybridized carbons (Fsp3) is 0.143. The highest BCUT2D eigenvalue weighted by Crippen LogP contribution is 2.34. The molecule has 0 amide bonds. The quantitative estimate of drug-likeness (QED) is 0.661. The number of esters is 1. The predicted molar refractivity (Wildman–Crippen MR) is 96.5 cm³/mol. The van der Waals surface area contributed by atoms with Crippen LogP contribution in [-0.2, 0) is 4.74 Å². The number of carbonyl (C=O) groups excluding carboxylic acids is 1. The van der Waals surface area contributed by atoms with Crippen LogP contribution in [0.1, 0.15) is 23.0 Å². The summed E-state index contributed by atoms with van der Waals surface area (Å²) in [4.78, 5) is 25.2. The molecule has 0 aliphatic carbocycles. The second-order valence-corrected chi connectivity index (χ2v) is 5.52. The third-order valence-electron chi connectivity index (χ3n) is 3.91. The Hall–Kier alpha value is -3.14. The molecule has 0 radical (unpaired) electrons. The number of ether oxygens (including phenoxy) is 1. The largest absolute Gasteiger partial charge is 0.462 e. The zero-order valence-corrected chi connectivity index (χ0v) is 14.1. The molecule has 0 aliphatic heterocycles. The number of carbonyl (C=O) groups is 1. The Labute approximate surface area is 145 Å². The van der Waals surface area contributed by atoms with Gasteiger partial charge in [0.05, 0.1) is 12.2 Å². The summed E-state index contributed by atoms with van der Waals surface area (Å²) in [6, 6.07) is 18.5. The molecule has 0 unspecified atom stereocenters. The lowest BCUT2D eigenvalue weighted by Gasteiger charge is -2.15. The van der Waals surface area contributed by atoms with Crippen LogP contribution in [0.2, 0.25) is 0 Å². The molecule has 0 N–H and O–H groups in total. The van der Waals surface area contributed by atoms with E-state index < -0.39 is 11.6 Å². The van der Waals surface area contributed by atoms with E-state index in [1.54, 1.807) is 13.8 Å². The van der Waals surface area contributed by atoms with Crippen LogP contribution in [0.4, 0.5) is 0 Å². The van der Waals surface area contributed by atoms with Gasteiger partial charge >= 0.3 is 11.6 Å². The van der Waals surface area contributed by atoms with Crippen molar-refractivity contribution < 1.29 is 13.9 Å². The van der Waals surface area contributed by atoms with Crippen LogP contribution in [0.5, 0.6) is 0 Å². The molecule has 1 aromatic heterocycles. The third kappa shape index (κ3) is 3.24. The molecule has 0 fully saturated rings. The molecule has 0 bridgehead atoms. The average Bonchev–Trinajstić information content (AvgIpc) is 2.62. The maximum atomic E-state index is 12.6. The summed E-state index contributed by atoms with van der Waals surface area (Å²) in [5.41, 5.74) is 2.17. The van der Waals surface area contributed by atoms with Crippen molar-refractivity contribution in [3.63, 3.8) is 0 Å². The summed E-state index contributed by atoms with van der Waals surface area (Å²) < 4.78 is 10.6. The molecule has 25 heavy (non-hydrogen) atoms. The van der Waals surface area contributed by atoms with Gasteiger partial charge in [-0.15, -0.1) is 0 Å². The van der Waals surface area contributed by atoms with E-state index in [4.69, 9.17) is 9.15 Å². The van der Waals surface area contributed by atoms with Crippen LogP contribution < -0.4 is 5.63 Å². The van der Waals surface area contributed by atoms with Gasteiger partial charge in [-0.25, -0.2) is 9.59 Å². The highest BCUT2D eigenvalue weighted by molar-refractivity contribution is 6.02. The topological polar surface area (TPSA) is 56.5 Å². The van der Waals surface area contributed by atoms with Crippen LogP contribution in [0.15, 0.2) is 69.9 Å². The van der Waals surface area contributed by atoms with Crippen molar-refractivity contribution in [1.82, 2.24) is 0 Å². The molecule has 0 saturated carbocycles. The van der Waals surface area contributed by atoms with Gasteiger partial charge in [0, 0.05) is 5.56 Å². The van der Waals surface area contributed by atoms with Gasteiger partial charge in [0.2, 0.25) is 0 Å². The first kappa shape index (κ1) is 16.7. The predicted octanol–water partition coefficient (Wildman–Crippen LogP) is 4.46. The van der Waals surface area contributed by atoms with Crippen molar-refractivity contribution in [3.05, 3.63) is 82.4 Å². The molecular weight excluding hydrogens is 316 g/mol. The molecule has 3 rings (SSSR count). The maximum Gasteiger partial charge on any atom is 0.344 e. The van der Waals surface area contributed by atoms with E-state index in [2.05, 4.69) is 0 Å². The summed E-state index contributed by atoms with van der Waals surface area (Å²) in [6.45, 7) is 3.59. The highest BCUT2D eigenvalue weighted by atomic mass is 16.5. The SMILES string of the molecule is CCOC(=O)c1c(C)oc(=O)c(-c2ccccc2)c1-c1ccccc1. The van der Waals surface area contributed by atoms with Crippen LogP contribution in [0.25, 0.3) is 22.3 Å². The zero-order valence-electron chi connectivity index (χ0n) is 14.1. The van der Waals surface area contributed by atoms with Crippen molar-refractivity contribution in [2.45, 2.75) is 13.8 Å². The fourth-order valence-corrected chi connectivity index (χ4v) is 2.85. The molecule has 4 heteroatoms. The van der Waals surface area contributed by atoms with Crippen LogP contribution in [-0.4, -0.2) is 12.6 Å². The van der Waals surface area contributed by atoms with Crippen LogP contribution >= 0.6 is 0 Å². The lowest BCUT2D eigenvalue weighted by Crippen LogP contribution is -2.15. The Kier molecular flexibility index (Phi) is 4.80. The Morgan fingerprint density at radius 2 is 1.44 bits per heavy atom. The van der Waals surface area contributed by atoms with Crippen molar-refractivity contribution in [2.75, 3.05) is 6.61 Å². The minimum absolute atomic E-state index is 0.242. The van der Waals surface area contributed by atoms with Gasteiger partial charge in [0.25, 0.3) is 0 Å². The molecule has 3 aromatic rings. The fourth-order valence-electron chi connectivity index (χ4n) is 2.85. The minimum atomic E-state index is -0.500. The first-order valence-electron chi connectivity index (χ1n) is 8.09. The number of hydrogen-bond acceptors (Lipinski definition) is 4. The van der Waals surface area contributed by atoms with Gasteiger partial charge in [-0.1, -0.05) is 60.7 Å². The number of rotatable bonds is 4. The summed E-state index contributed by atoms with van der Waals surface area (Å²) in [5.74, 6) is -0.248. The van der Waals surface area contributed by atoms with Crippen molar-refractivity contribution >= 4 is 5.97 Å². The molecule has 0 saturated heterocycles. The zero-order chi connectivity index (χ0) is 17.8. The van der Waals surface area contributed by atoms with Crippen molar-refractivity contribution in [2.24, 2.45) is 0 Å². The molecule has 0 aliphatic rings. The van der Waals surface area contributed by atoms with Crippen molar-refractivity contribution in [1.29, 1.82) is 0 Å². The van der Waals surface area contributed by atoms with Crippen molar-refractivity contribution in [3.8, 4) is 22.3 Å². The van der Waals surface area contributed by atoms with Gasteiger partial charge in [0.1, 0.15) is 11.3 Å². The Bertz CT molecular complexity index is 941. The number of hydrogen-bond donors (Lipinski definition) is 0. The molecule has 0 spiro atoms. The summed E-state index contributed by atoms with van der Waals surface area (Å²) in [7, 11) is 0. The summed E-state index contributed by atoms with van der Waals surface area (Å²) in [6.07, 6.45) is 0. The second-order valence-electron chi connectivity index (χ2n) is 5.52. The first-order chi connectivity index (χ1) is 12.1. The van der Waals surface area contributed by atoms with Gasteiger partial charge in [-0.2, -0.15) is 0 Å². The van der Waals surface area contributed by atoms with Crippen LogP contribution in [0, 0.1) is 6.92 Å². The number of aryl methyl sites for hydroxylation is 1. The molecule has 4 nitrogen and oxygen atoms in total. The van der Waals surface area contributed by atoms with E-state index >= 15 is 0 Å².